The Hall–Kier alpha value is -3.35. The van der Waals surface area contributed by atoms with Crippen LogP contribution in [-0.4, -0.2) is 37.4 Å². The smallest absolute Gasteiger partial charge is 0.407 e. The number of hydrogen-bond donors (Lipinski definition) is 3. The zero-order valence-corrected chi connectivity index (χ0v) is 16.4. The van der Waals surface area contributed by atoms with E-state index in [0.29, 0.717) is 48.5 Å². The summed E-state index contributed by atoms with van der Waals surface area (Å²) in [5.74, 6) is -0.463. The summed E-state index contributed by atoms with van der Waals surface area (Å²) in [7, 11) is 0. The van der Waals surface area contributed by atoms with Crippen LogP contribution in [0, 0.1) is 0 Å². The molecule has 1 amide bonds. The van der Waals surface area contributed by atoms with Gasteiger partial charge in [-0.15, -0.1) is 0 Å². The van der Waals surface area contributed by atoms with Crippen LogP contribution < -0.4 is 16.4 Å². The van der Waals surface area contributed by atoms with E-state index in [1.165, 1.54) is 0 Å². The Kier molecular flexibility index (Phi) is 6.49. The molecule has 0 saturated carbocycles. The van der Waals surface area contributed by atoms with Crippen molar-refractivity contribution >= 4 is 29.0 Å². The average Bonchev–Trinajstić information content (AvgIpc) is 2.72. The van der Waals surface area contributed by atoms with Crippen LogP contribution in [0.1, 0.15) is 58.0 Å². The van der Waals surface area contributed by atoms with Gasteiger partial charge in [-0.05, 0) is 25.0 Å². The van der Waals surface area contributed by atoms with E-state index in [0.717, 1.165) is 12.8 Å². The van der Waals surface area contributed by atoms with Gasteiger partial charge in [-0.1, -0.05) is 37.6 Å². The number of carbonyl (C=O) groups excluding carboxylic acids is 3. The molecule has 0 saturated heterocycles. The molecule has 0 spiro atoms. The van der Waals surface area contributed by atoms with Crippen LogP contribution in [0.5, 0.6) is 0 Å². The summed E-state index contributed by atoms with van der Waals surface area (Å²) in [5, 5.41) is 5.87. The molecule has 2 aromatic rings. The van der Waals surface area contributed by atoms with E-state index in [9.17, 15) is 14.4 Å². The Bertz CT molecular complexity index is 940. The number of alkyl carbamates (subject to hydrolysis) is 1. The lowest BCUT2D eigenvalue weighted by atomic mass is 9.82. The van der Waals surface area contributed by atoms with Gasteiger partial charge in [-0.3, -0.25) is 9.59 Å². The van der Waals surface area contributed by atoms with Gasteiger partial charge in [0.05, 0.1) is 17.7 Å². The van der Waals surface area contributed by atoms with Crippen molar-refractivity contribution in [2.24, 2.45) is 0 Å². The number of rotatable bonds is 8. The number of nitrogens with one attached hydrogen (secondary N) is 2. The van der Waals surface area contributed by atoms with Crippen molar-refractivity contribution in [3.05, 3.63) is 58.7 Å². The minimum atomic E-state index is -0.430. The van der Waals surface area contributed by atoms with Crippen LogP contribution >= 0.6 is 0 Å². The van der Waals surface area contributed by atoms with Gasteiger partial charge in [0.15, 0.2) is 11.6 Å². The third-order valence-corrected chi connectivity index (χ3v) is 4.78. The summed E-state index contributed by atoms with van der Waals surface area (Å²) in [5.41, 5.74) is 8.18. The van der Waals surface area contributed by atoms with Crippen LogP contribution in [0.25, 0.3) is 0 Å². The summed E-state index contributed by atoms with van der Waals surface area (Å²) in [4.78, 5) is 37.4. The van der Waals surface area contributed by atoms with Crippen molar-refractivity contribution in [2.75, 3.05) is 30.7 Å². The zero-order chi connectivity index (χ0) is 20.8. The summed E-state index contributed by atoms with van der Waals surface area (Å²) >= 11 is 0. The van der Waals surface area contributed by atoms with E-state index in [2.05, 4.69) is 10.6 Å². The fourth-order valence-corrected chi connectivity index (χ4v) is 3.26. The van der Waals surface area contributed by atoms with Gasteiger partial charge in [0.2, 0.25) is 0 Å². The summed E-state index contributed by atoms with van der Waals surface area (Å²) < 4.78 is 5.03. The van der Waals surface area contributed by atoms with Crippen LogP contribution in [-0.2, 0) is 4.74 Å². The maximum atomic E-state index is 13.0. The number of amides is 1. The molecule has 29 heavy (non-hydrogen) atoms. The Balaban J connectivity index is 1.64. The van der Waals surface area contributed by atoms with Crippen LogP contribution in [0.2, 0.25) is 0 Å². The number of anilines is 2. The normalized spacial score (nSPS) is 12.2. The maximum absolute atomic E-state index is 13.0. The lowest BCUT2D eigenvalue weighted by molar-refractivity contribution is 0.0980. The maximum Gasteiger partial charge on any atom is 0.407 e. The first kappa shape index (κ1) is 20.4. The Morgan fingerprint density at radius 1 is 0.966 bits per heavy atom. The van der Waals surface area contributed by atoms with Crippen molar-refractivity contribution in [3.8, 4) is 0 Å². The molecule has 0 heterocycles. The average molecular weight is 395 g/mol. The SMILES string of the molecule is CCCCOC(=O)NCCCNc1ccc(N)c2c1C(=O)c1ccccc1C2=O. The van der Waals surface area contributed by atoms with Crippen LogP contribution in [0.15, 0.2) is 36.4 Å². The topological polar surface area (TPSA) is 111 Å². The number of carbonyl (C=O) groups is 3. The summed E-state index contributed by atoms with van der Waals surface area (Å²) in [6.45, 7) is 3.38. The number of nitrogen functional groups attached to an aromatic ring is 1. The molecule has 0 aliphatic heterocycles. The molecule has 152 valence electrons. The van der Waals surface area contributed by atoms with Gasteiger partial charge in [0.1, 0.15) is 0 Å². The van der Waals surface area contributed by atoms with Crippen molar-refractivity contribution in [3.63, 3.8) is 0 Å². The van der Waals surface area contributed by atoms with Gasteiger partial charge in [0.25, 0.3) is 0 Å². The fraction of sp³-hybridized carbons (Fsp3) is 0.318. The summed E-state index contributed by atoms with van der Waals surface area (Å²) in [6, 6.07) is 10.1. The van der Waals surface area contributed by atoms with Crippen LogP contribution in [0.4, 0.5) is 16.2 Å². The minimum absolute atomic E-state index is 0.220. The number of unbranched alkanes of at least 4 members (excludes halogenated alkanes) is 1. The number of fused-ring (bicyclic) bond motifs is 2. The molecule has 1 aliphatic rings. The van der Waals surface area contributed by atoms with E-state index in [1.807, 2.05) is 6.92 Å². The van der Waals surface area contributed by atoms with Crippen molar-refractivity contribution in [1.82, 2.24) is 5.32 Å². The Morgan fingerprint density at radius 2 is 1.66 bits per heavy atom. The lowest BCUT2D eigenvalue weighted by Gasteiger charge is -2.22. The second-order valence-electron chi connectivity index (χ2n) is 6.85. The first-order valence-corrected chi connectivity index (χ1v) is 9.80. The van der Waals surface area contributed by atoms with Crippen LogP contribution in [0.3, 0.4) is 0 Å². The molecular weight excluding hydrogens is 370 g/mol. The molecular formula is C22H25N3O4. The van der Waals surface area contributed by atoms with Gasteiger partial charge < -0.3 is 21.1 Å². The summed E-state index contributed by atoms with van der Waals surface area (Å²) in [6.07, 6.45) is 2.00. The highest BCUT2D eigenvalue weighted by molar-refractivity contribution is 6.31. The fourth-order valence-electron chi connectivity index (χ4n) is 3.26. The monoisotopic (exact) mass is 395 g/mol. The number of ketones is 2. The van der Waals surface area contributed by atoms with Gasteiger partial charge >= 0.3 is 6.09 Å². The first-order valence-electron chi connectivity index (χ1n) is 9.80. The molecule has 0 fully saturated rings. The van der Waals surface area contributed by atoms with Gasteiger partial charge in [0, 0.05) is 35.6 Å². The Labute approximate surface area is 169 Å². The number of nitrogens with two attached hydrogens (primary N) is 1. The van der Waals surface area contributed by atoms with E-state index < -0.39 is 6.09 Å². The molecule has 3 rings (SSSR count). The first-order chi connectivity index (χ1) is 14.0. The highest BCUT2D eigenvalue weighted by Gasteiger charge is 2.33. The van der Waals surface area contributed by atoms with Crippen molar-refractivity contribution in [2.45, 2.75) is 26.2 Å². The predicted octanol–water partition coefficient (Wildman–Crippen LogP) is 3.37. The third kappa shape index (κ3) is 4.39. The molecule has 0 unspecified atom stereocenters. The van der Waals surface area contributed by atoms with E-state index in [-0.39, 0.29) is 22.8 Å². The molecule has 0 atom stereocenters. The lowest BCUT2D eigenvalue weighted by Crippen LogP contribution is -2.27. The van der Waals surface area contributed by atoms with E-state index in [4.69, 9.17) is 10.5 Å². The molecule has 4 N–H and O–H groups in total. The van der Waals surface area contributed by atoms with Gasteiger partial charge in [-0.2, -0.15) is 0 Å². The largest absolute Gasteiger partial charge is 0.450 e. The molecule has 7 heteroatoms. The highest BCUT2D eigenvalue weighted by atomic mass is 16.5. The standard InChI is InChI=1S/C22H25N3O4/c1-2-3-13-29-22(28)25-12-6-11-24-17-10-9-16(23)18-19(17)21(27)15-8-5-4-7-14(15)20(18)26/h4-5,7-10,24H,2-3,6,11-13,23H2,1H3,(H,25,28). The predicted molar refractivity (Wildman–Crippen MR) is 112 cm³/mol. The third-order valence-electron chi connectivity index (χ3n) is 4.78. The Morgan fingerprint density at radius 3 is 2.34 bits per heavy atom. The number of hydrogen-bond acceptors (Lipinski definition) is 6. The molecule has 0 bridgehead atoms. The van der Waals surface area contributed by atoms with Gasteiger partial charge in [-0.25, -0.2) is 4.79 Å². The number of benzene rings is 2. The molecule has 1 aliphatic carbocycles. The second-order valence-corrected chi connectivity index (χ2v) is 6.85. The zero-order valence-electron chi connectivity index (χ0n) is 16.4. The molecule has 2 aromatic carbocycles. The van der Waals surface area contributed by atoms with Crippen molar-refractivity contribution < 1.29 is 19.1 Å². The van der Waals surface area contributed by atoms with E-state index in [1.54, 1.807) is 36.4 Å². The number of ether oxygens (including phenoxy) is 1. The molecule has 0 aromatic heterocycles. The molecule has 0 radical (unpaired) electrons. The second kappa shape index (κ2) is 9.23. The highest BCUT2D eigenvalue weighted by Crippen LogP contribution is 2.35. The quantitative estimate of drug-likeness (QED) is 0.398. The van der Waals surface area contributed by atoms with E-state index >= 15 is 0 Å². The minimum Gasteiger partial charge on any atom is -0.450 e. The van der Waals surface area contributed by atoms with Crippen molar-refractivity contribution in [1.29, 1.82) is 0 Å². The molecule has 7 nitrogen and oxygen atoms in total.